The lowest BCUT2D eigenvalue weighted by Gasteiger charge is -2.11. The van der Waals surface area contributed by atoms with Crippen LogP contribution in [-0.2, 0) is 6.42 Å². The second-order valence-corrected chi connectivity index (χ2v) is 4.93. The standard InChI is InChI=1S/C14H16O4/c1-7(2)4-9-6-11(16)13(17)12-10(15)5-8(3)18-14(9)12/h5-7,16-17H,4H2,1-3H3. The Labute approximate surface area is 104 Å². The highest BCUT2D eigenvalue weighted by atomic mass is 16.3. The van der Waals surface area contributed by atoms with Crippen molar-refractivity contribution in [3.63, 3.8) is 0 Å². The van der Waals surface area contributed by atoms with Crippen molar-refractivity contribution < 1.29 is 14.6 Å². The molecule has 2 rings (SSSR count). The van der Waals surface area contributed by atoms with E-state index in [-0.39, 0.29) is 16.6 Å². The molecule has 0 fully saturated rings. The molecule has 0 saturated heterocycles. The van der Waals surface area contributed by atoms with Crippen LogP contribution in [0.3, 0.4) is 0 Å². The van der Waals surface area contributed by atoms with Gasteiger partial charge in [-0.3, -0.25) is 4.79 Å². The summed E-state index contributed by atoms with van der Waals surface area (Å²) in [5, 5.41) is 19.5. The zero-order valence-corrected chi connectivity index (χ0v) is 10.7. The van der Waals surface area contributed by atoms with Crippen LogP contribution >= 0.6 is 0 Å². The highest BCUT2D eigenvalue weighted by molar-refractivity contribution is 5.88. The van der Waals surface area contributed by atoms with Crippen molar-refractivity contribution in [2.75, 3.05) is 0 Å². The highest BCUT2D eigenvalue weighted by Gasteiger charge is 2.17. The SMILES string of the molecule is Cc1cc(=O)c2c(O)c(O)cc(CC(C)C)c2o1. The lowest BCUT2D eigenvalue weighted by molar-refractivity contribution is 0.405. The molecule has 0 aliphatic rings. The van der Waals surface area contributed by atoms with Crippen molar-refractivity contribution in [1.82, 2.24) is 0 Å². The molecule has 1 aromatic carbocycles. The fourth-order valence-electron chi connectivity index (χ4n) is 2.08. The van der Waals surface area contributed by atoms with Crippen LogP contribution < -0.4 is 5.43 Å². The van der Waals surface area contributed by atoms with Gasteiger partial charge in [0.15, 0.2) is 16.9 Å². The van der Waals surface area contributed by atoms with Gasteiger partial charge in [0.05, 0.1) is 0 Å². The van der Waals surface area contributed by atoms with E-state index in [4.69, 9.17) is 4.42 Å². The molecule has 1 aromatic heterocycles. The van der Waals surface area contributed by atoms with Gasteiger partial charge in [-0.2, -0.15) is 0 Å². The second-order valence-electron chi connectivity index (χ2n) is 4.93. The maximum absolute atomic E-state index is 11.9. The van der Waals surface area contributed by atoms with Crippen LogP contribution in [0.25, 0.3) is 11.0 Å². The number of fused-ring (bicyclic) bond motifs is 1. The predicted molar refractivity (Wildman–Crippen MR) is 69.1 cm³/mol. The molecule has 96 valence electrons. The third-order valence-electron chi connectivity index (χ3n) is 2.78. The predicted octanol–water partition coefficient (Wildman–Crippen LogP) is 2.71. The van der Waals surface area contributed by atoms with Crippen LogP contribution in [0.2, 0.25) is 0 Å². The van der Waals surface area contributed by atoms with E-state index in [0.29, 0.717) is 23.7 Å². The van der Waals surface area contributed by atoms with Crippen molar-refractivity contribution in [2.24, 2.45) is 5.92 Å². The van der Waals surface area contributed by atoms with Crippen molar-refractivity contribution >= 4 is 11.0 Å². The highest BCUT2D eigenvalue weighted by Crippen LogP contribution is 2.35. The average Bonchev–Trinajstić information content (AvgIpc) is 2.24. The summed E-state index contributed by atoms with van der Waals surface area (Å²) in [5.74, 6) is 0.145. The number of benzene rings is 1. The minimum atomic E-state index is -0.411. The number of aromatic hydroxyl groups is 2. The molecule has 2 N–H and O–H groups in total. The molecule has 0 atom stereocenters. The van der Waals surface area contributed by atoms with E-state index in [9.17, 15) is 15.0 Å². The van der Waals surface area contributed by atoms with Gasteiger partial charge in [-0.15, -0.1) is 0 Å². The maximum atomic E-state index is 11.9. The van der Waals surface area contributed by atoms with E-state index >= 15 is 0 Å². The van der Waals surface area contributed by atoms with Crippen molar-refractivity contribution in [1.29, 1.82) is 0 Å². The number of phenolic OH excluding ortho intramolecular Hbond substituents is 2. The van der Waals surface area contributed by atoms with Crippen LogP contribution in [0.1, 0.15) is 25.2 Å². The van der Waals surface area contributed by atoms with Crippen LogP contribution in [0.4, 0.5) is 0 Å². The summed E-state index contributed by atoms with van der Waals surface area (Å²) in [6.07, 6.45) is 0.663. The second kappa shape index (κ2) is 4.37. The Balaban J connectivity index is 2.87. The molecule has 2 aromatic rings. The Bertz CT molecular complexity index is 653. The van der Waals surface area contributed by atoms with Crippen molar-refractivity contribution in [3.05, 3.63) is 33.7 Å². The van der Waals surface area contributed by atoms with Crippen LogP contribution in [0.5, 0.6) is 11.5 Å². The summed E-state index contributed by atoms with van der Waals surface area (Å²) in [5.41, 5.74) is 0.757. The first-order chi connectivity index (χ1) is 8.40. The Morgan fingerprint density at radius 3 is 2.56 bits per heavy atom. The molecule has 18 heavy (non-hydrogen) atoms. The smallest absolute Gasteiger partial charge is 0.196 e. The van der Waals surface area contributed by atoms with Gasteiger partial charge in [-0.25, -0.2) is 0 Å². The van der Waals surface area contributed by atoms with E-state index in [1.807, 2.05) is 13.8 Å². The molecular formula is C14H16O4. The quantitative estimate of drug-likeness (QED) is 0.801. The molecule has 0 aliphatic heterocycles. The minimum absolute atomic E-state index is 0.0521. The monoisotopic (exact) mass is 248 g/mol. The van der Waals surface area contributed by atoms with Gasteiger partial charge in [0, 0.05) is 6.07 Å². The molecular weight excluding hydrogens is 232 g/mol. The minimum Gasteiger partial charge on any atom is -0.504 e. The summed E-state index contributed by atoms with van der Waals surface area (Å²) >= 11 is 0. The molecule has 0 radical (unpaired) electrons. The summed E-state index contributed by atoms with van der Waals surface area (Å²) in [4.78, 5) is 11.9. The van der Waals surface area contributed by atoms with Gasteiger partial charge in [-0.05, 0) is 30.9 Å². The third-order valence-corrected chi connectivity index (χ3v) is 2.78. The maximum Gasteiger partial charge on any atom is 0.196 e. The largest absolute Gasteiger partial charge is 0.504 e. The first kappa shape index (κ1) is 12.5. The molecule has 0 aliphatic carbocycles. The molecule has 0 amide bonds. The number of aryl methyl sites for hydroxylation is 1. The molecule has 1 heterocycles. The van der Waals surface area contributed by atoms with Crippen molar-refractivity contribution in [3.8, 4) is 11.5 Å². The van der Waals surface area contributed by atoms with Gasteiger partial charge in [-0.1, -0.05) is 13.8 Å². The Hall–Kier alpha value is -1.97. The van der Waals surface area contributed by atoms with Gasteiger partial charge in [0.1, 0.15) is 16.7 Å². The van der Waals surface area contributed by atoms with Gasteiger partial charge in [0.2, 0.25) is 0 Å². The van der Waals surface area contributed by atoms with E-state index in [1.54, 1.807) is 6.92 Å². The van der Waals surface area contributed by atoms with E-state index < -0.39 is 5.75 Å². The normalized spacial score (nSPS) is 11.3. The first-order valence-corrected chi connectivity index (χ1v) is 5.88. The topological polar surface area (TPSA) is 70.7 Å². The average molecular weight is 248 g/mol. The summed E-state index contributed by atoms with van der Waals surface area (Å²) in [6, 6.07) is 2.76. The number of hydrogen-bond donors (Lipinski definition) is 2. The fraction of sp³-hybridized carbons (Fsp3) is 0.357. The van der Waals surface area contributed by atoms with E-state index in [1.165, 1.54) is 12.1 Å². The van der Waals surface area contributed by atoms with Crippen LogP contribution in [-0.4, -0.2) is 10.2 Å². The van der Waals surface area contributed by atoms with Gasteiger partial charge < -0.3 is 14.6 Å². The lowest BCUT2D eigenvalue weighted by Crippen LogP contribution is -2.04. The molecule has 4 heteroatoms. The van der Waals surface area contributed by atoms with Crippen molar-refractivity contribution in [2.45, 2.75) is 27.2 Å². The summed E-state index contributed by atoms with van der Waals surface area (Å²) in [7, 11) is 0. The van der Waals surface area contributed by atoms with Crippen LogP contribution in [0.15, 0.2) is 21.3 Å². The lowest BCUT2D eigenvalue weighted by atomic mass is 9.99. The third kappa shape index (κ3) is 2.06. The molecule has 0 saturated carbocycles. The molecule has 0 spiro atoms. The molecule has 0 unspecified atom stereocenters. The zero-order valence-electron chi connectivity index (χ0n) is 10.7. The van der Waals surface area contributed by atoms with E-state index in [2.05, 4.69) is 0 Å². The fourth-order valence-corrected chi connectivity index (χ4v) is 2.08. The van der Waals surface area contributed by atoms with Gasteiger partial charge >= 0.3 is 0 Å². The number of hydrogen-bond acceptors (Lipinski definition) is 4. The summed E-state index contributed by atoms with van der Waals surface area (Å²) in [6.45, 7) is 5.75. The molecule has 4 nitrogen and oxygen atoms in total. The first-order valence-electron chi connectivity index (χ1n) is 5.88. The van der Waals surface area contributed by atoms with E-state index in [0.717, 1.165) is 5.56 Å². The number of phenols is 2. The Morgan fingerprint density at radius 1 is 1.28 bits per heavy atom. The van der Waals surface area contributed by atoms with Crippen LogP contribution in [0, 0.1) is 12.8 Å². The number of rotatable bonds is 2. The summed E-state index contributed by atoms with van der Waals surface area (Å²) < 4.78 is 5.54. The zero-order chi connectivity index (χ0) is 13.4. The Morgan fingerprint density at radius 2 is 1.94 bits per heavy atom. The Kier molecular flexibility index (Phi) is 3.03. The van der Waals surface area contributed by atoms with Gasteiger partial charge in [0.25, 0.3) is 0 Å². The molecule has 0 bridgehead atoms.